The van der Waals surface area contributed by atoms with Crippen molar-refractivity contribution in [2.75, 3.05) is 19.8 Å². The Labute approximate surface area is 217 Å². The van der Waals surface area contributed by atoms with Crippen LogP contribution >= 0.6 is 0 Å². The van der Waals surface area contributed by atoms with Gasteiger partial charge in [0.25, 0.3) is 0 Å². The molecule has 37 heavy (non-hydrogen) atoms. The van der Waals surface area contributed by atoms with E-state index in [0.717, 1.165) is 60.5 Å². The number of hydrogen-bond donors (Lipinski definition) is 0. The Hall–Kier alpha value is -3.32. The third kappa shape index (κ3) is 5.52. The van der Waals surface area contributed by atoms with E-state index < -0.39 is 0 Å². The number of ether oxygens (including phenoxy) is 2. The lowest BCUT2D eigenvalue weighted by molar-refractivity contribution is 0.0943. The molecule has 6 nitrogen and oxygen atoms in total. The Morgan fingerprint density at radius 2 is 1.76 bits per heavy atom. The minimum absolute atomic E-state index is 0.0938. The maximum absolute atomic E-state index is 13.6. The zero-order valence-electron chi connectivity index (χ0n) is 21.5. The van der Waals surface area contributed by atoms with Crippen molar-refractivity contribution < 1.29 is 18.7 Å². The fraction of sp³-hybridized carbons (Fsp3) is 0.433. The highest BCUT2D eigenvalue weighted by Gasteiger charge is 2.44. The van der Waals surface area contributed by atoms with Gasteiger partial charge in [-0.3, -0.25) is 14.7 Å². The van der Waals surface area contributed by atoms with Gasteiger partial charge < -0.3 is 9.47 Å². The maximum atomic E-state index is 13.6. The quantitative estimate of drug-likeness (QED) is 0.319. The summed E-state index contributed by atoms with van der Waals surface area (Å²) in [6.07, 6.45) is 8.56. The molecule has 2 heterocycles. The predicted molar refractivity (Wildman–Crippen MR) is 140 cm³/mol. The highest BCUT2D eigenvalue weighted by Crippen LogP contribution is 2.46. The molecule has 5 rings (SSSR count). The number of fused-ring (bicyclic) bond motifs is 1. The maximum Gasteiger partial charge on any atom is 0.183 e. The lowest BCUT2D eigenvalue weighted by atomic mass is 9.88. The number of benzene rings is 2. The van der Waals surface area contributed by atoms with Crippen LogP contribution in [0, 0.1) is 17.7 Å². The Kier molecular flexibility index (Phi) is 7.79. The van der Waals surface area contributed by atoms with Crippen LogP contribution in [0.2, 0.25) is 0 Å². The van der Waals surface area contributed by atoms with E-state index in [-0.39, 0.29) is 11.6 Å². The number of likely N-dealkylation sites (tertiary alicyclic amines) is 1. The molecule has 2 fully saturated rings. The van der Waals surface area contributed by atoms with E-state index in [0.29, 0.717) is 43.2 Å². The fourth-order valence-corrected chi connectivity index (χ4v) is 6.13. The highest BCUT2D eigenvalue weighted by molar-refractivity contribution is 5.94. The number of Topliss-reactive ketones (excluding diaryl/α,β-unsaturated/α-hetero) is 1. The first-order valence-electron chi connectivity index (χ1n) is 13.3. The molecule has 0 amide bonds. The number of halogens is 1. The molecule has 7 heteroatoms. The minimum Gasteiger partial charge on any atom is -0.493 e. The Morgan fingerprint density at radius 3 is 2.41 bits per heavy atom. The van der Waals surface area contributed by atoms with Crippen LogP contribution in [-0.4, -0.2) is 46.5 Å². The molecule has 2 aliphatic rings. The van der Waals surface area contributed by atoms with E-state index in [1.807, 2.05) is 13.8 Å². The summed E-state index contributed by atoms with van der Waals surface area (Å²) < 4.78 is 25.7. The second-order valence-corrected chi connectivity index (χ2v) is 9.89. The van der Waals surface area contributed by atoms with Crippen molar-refractivity contribution in [3.63, 3.8) is 0 Å². The first-order valence-corrected chi connectivity index (χ1v) is 13.3. The average Bonchev–Trinajstić information content (AvgIpc) is 3.49. The van der Waals surface area contributed by atoms with Crippen molar-refractivity contribution in [1.82, 2.24) is 14.9 Å². The summed E-state index contributed by atoms with van der Waals surface area (Å²) in [7, 11) is 0. The summed E-state index contributed by atoms with van der Waals surface area (Å²) in [5.41, 5.74) is 3.33. The highest BCUT2D eigenvalue weighted by atomic mass is 19.1. The smallest absolute Gasteiger partial charge is 0.183 e. The van der Waals surface area contributed by atoms with Crippen molar-refractivity contribution >= 4 is 5.78 Å². The first-order chi connectivity index (χ1) is 18.1. The van der Waals surface area contributed by atoms with Gasteiger partial charge in [0.2, 0.25) is 0 Å². The van der Waals surface area contributed by atoms with Crippen LogP contribution in [0.3, 0.4) is 0 Å². The van der Waals surface area contributed by atoms with Gasteiger partial charge in [-0.1, -0.05) is 12.1 Å². The zero-order valence-corrected chi connectivity index (χ0v) is 21.5. The second kappa shape index (κ2) is 11.4. The van der Waals surface area contributed by atoms with Crippen molar-refractivity contribution in [2.45, 2.75) is 52.1 Å². The molecule has 0 spiro atoms. The van der Waals surface area contributed by atoms with Crippen molar-refractivity contribution in [3.8, 4) is 22.6 Å². The molecule has 1 saturated heterocycles. The Balaban J connectivity index is 1.34. The van der Waals surface area contributed by atoms with Gasteiger partial charge in [0, 0.05) is 31.4 Å². The van der Waals surface area contributed by atoms with Crippen LogP contribution in [0.5, 0.6) is 11.5 Å². The number of aromatic nitrogens is 2. The molecule has 1 unspecified atom stereocenters. The number of hydrogen-bond acceptors (Lipinski definition) is 6. The number of carbonyl (C=O) groups excluding carboxylic acids is 1. The summed E-state index contributed by atoms with van der Waals surface area (Å²) >= 11 is 0. The fourth-order valence-electron chi connectivity index (χ4n) is 6.13. The molecule has 0 radical (unpaired) electrons. The Morgan fingerprint density at radius 1 is 1.03 bits per heavy atom. The standard InChI is InChI=1S/C30H34FN3O3/c1-3-36-28-15-20(16-29(37-4-2)30(28)21-5-8-23(31)9-6-21)19-34-14-11-24-22(7-10-26(24)34)17-27(35)25-18-32-12-13-33-25/h5-6,8-9,12-13,15-16,18,22,24,26H,3-4,7,10-11,14,17,19H2,1-2H3/t22?,24-,26+/m0/s1. The van der Waals surface area contributed by atoms with Gasteiger partial charge in [-0.2, -0.15) is 0 Å². The lowest BCUT2D eigenvalue weighted by Crippen LogP contribution is -2.30. The zero-order chi connectivity index (χ0) is 25.8. The van der Waals surface area contributed by atoms with Gasteiger partial charge >= 0.3 is 0 Å². The van der Waals surface area contributed by atoms with Gasteiger partial charge in [-0.05, 0) is 86.9 Å². The molecule has 1 aliphatic heterocycles. The molecular formula is C30H34FN3O3. The SMILES string of the molecule is CCOc1cc(CN2CC[C@H]3C(CC(=O)c4cnccn4)CC[C@H]32)cc(OCC)c1-c1ccc(F)cc1. The van der Waals surface area contributed by atoms with E-state index in [2.05, 4.69) is 27.0 Å². The molecule has 1 aliphatic carbocycles. The second-order valence-electron chi connectivity index (χ2n) is 9.89. The summed E-state index contributed by atoms with van der Waals surface area (Å²) in [5.74, 6) is 2.25. The summed E-state index contributed by atoms with van der Waals surface area (Å²) in [5, 5.41) is 0. The van der Waals surface area contributed by atoms with Gasteiger partial charge in [0.05, 0.1) is 25.0 Å². The van der Waals surface area contributed by atoms with Crippen LogP contribution in [0.1, 0.15) is 55.6 Å². The van der Waals surface area contributed by atoms with Crippen molar-refractivity contribution in [1.29, 1.82) is 0 Å². The summed E-state index contributed by atoms with van der Waals surface area (Å²) in [6.45, 7) is 6.80. The largest absolute Gasteiger partial charge is 0.493 e. The molecule has 2 aromatic carbocycles. The lowest BCUT2D eigenvalue weighted by Gasteiger charge is -2.25. The molecule has 1 aromatic heterocycles. The van der Waals surface area contributed by atoms with E-state index in [4.69, 9.17) is 9.47 Å². The summed E-state index contributed by atoms with van der Waals surface area (Å²) in [4.78, 5) is 23.6. The van der Waals surface area contributed by atoms with Gasteiger partial charge in [0.15, 0.2) is 5.78 Å². The van der Waals surface area contributed by atoms with Gasteiger partial charge in [-0.15, -0.1) is 0 Å². The molecule has 194 valence electrons. The molecule has 1 saturated carbocycles. The Bertz CT molecular complexity index is 1190. The summed E-state index contributed by atoms with van der Waals surface area (Å²) in [6, 6.07) is 11.1. The van der Waals surface area contributed by atoms with Gasteiger partial charge in [0.1, 0.15) is 23.0 Å². The first kappa shape index (κ1) is 25.3. The van der Waals surface area contributed by atoms with Crippen LogP contribution in [-0.2, 0) is 6.54 Å². The molecular weight excluding hydrogens is 469 g/mol. The topological polar surface area (TPSA) is 64.5 Å². The number of carbonyl (C=O) groups is 1. The van der Waals surface area contributed by atoms with E-state index in [1.54, 1.807) is 30.7 Å². The van der Waals surface area contributed by atoms with Crippen LogP contribution < -0.4 is 9.47 Å². The number of rotatable bonds is 10. The minimum atomic E-state index is -0.270. The molecule has 0 N–H and O–H groups in total. The predicted octanol–water partition coefficient (Wildman–Crippen LogP) is 5.95. The molecule has 0 bridgehead atoms. The van der Waals surface area contributed by atoms with Gasteiger partial charge in [-0.25, -0.2) is 9.37 Å². The average molecular weight is 504 g/mol. The number of ketones is 1. The normalized spacial score (nSPS) is 21.1. The van der Waals surface area contributed by atoms with Crippen LogP contribution in [0.25, 0.3) is 11.1 Å². The van der Waals surface area contributed by atoms with E-state index in [1.165, 1.54) is 12.1 Å². The number of nitrogens with zero attached hydrogens (tertiary/aromatic N) is 3. The van der Waals surface area contributed by atoms with Crippen LogP contribution in [0.15, 0.2) is 55.0 Å². The third-order valence-electron chi connectivity index (χ3n) is 7.69. The molecule has 3 aromatic rings. The molecule has 3 atom stereocenters. The van der Waals surface area contributed by atoms with Crippen LogP contribution in [0.4, 0.5) is 4.39 Å². The van der Waals surface area contributed by atoms with Crippen molar-refractivity contribution in [2.24, 2.45) is 11.8 Å². The van der Waals surface area contributed by atoms with E-state index >= 15 is 0 Å². The van der Waals surface area contributed by atoms with Crippen molar-refractivity contribution in [3.05, 3.63) is 72.1 Å². The van der Waals surface area contributed by atoms with E-state index in [9.17, 15) is 9.18 Å². The third-order valence-corrected chi connectivity index (χ3v) is 7.69. The monoisotopic (exact) mass is 503 g/mol.